The standard InChI is InChI=1S/C14H20O4/c1-15-13-4-2-3-5-14(13)18-11-10-17-12-6-8-16-9-7-12/h2-5,12H,6-11H2,1H3. The van der Waals surface area contributed by atoms with Crippen molar-refractivity contribution in [3.63, 3.8) is 0 Å². The van der Waals surface area contributed by atoms with Gasteiger partial charge < -0.3 is 18.9 Å². The van der Waals surface area contributed by atoms with E-state index in [0.717, 1.165) is 37.6 Å². The number of methoxy groups -OCH3 is 1. The summed E-state index contributed by atoms with van der Waals surface area (Å²) in [4.78, 5) is 0. The minimum atomic E-state index is 0.319. The van der Waals surface area contributed by atoms with Gasteiger partial charge in [-0.05, 0) is 25.0 Å². The molecule has 4 heteroatoms. The minimum Gasteiger partial charge on any atom is -0.493 e. The molecule has 0 unspecified atom stereocenters. The fraction of sp³-hybridized carbons (Fsp3) is 0.571. The molecule has 18 heavy (non-hydrogen) atoms. The summed E-state index contributed by atoms with van der Waals surface area (Å²) < 4.78 is 21.9. The van der Waals surface area contributed by atoms with Gasteiger partial charge in [0.15, 0.2) is 11.5 Å². The molecule has 0 spiro atoms. The molecular weight excluding hydrogens is 232 g/mol. The van der Waals surface area contributed by atoms with Crippen LogP contribution < -0.4 is 9.47 Å². The van der Waals surface area contributed by atoms with Crippen LogP contribution in [0.15, 0.2) is 24.3 Å². The van der Waals surface area contributed by atoms with Crippen molar-refractivity contribution in [2.24, 2.45) is 0 Å². The molecule has 1 aliphatic heterocycles. The molecule has 1 saturated heterocycles. The third kappa shape index (κ3) is 3.89. The first kappa shape index (κ1) is 13.2. The second kappa shape index (κ2) is 7.24. The van der Waals surface area contributed by atoms with E-state index in [2.05, 4.69) is 0 Å². The van der Waals surface area contributed by atoms with E-state index in [1.165, 1.54) is 0 Å². The molecule has 0 atom stereocenters. The SMILES string of the molecule is COc1ccccc1OCCOC1CCOCC1. The molecule has 0 amide bonds. The molecule has 0 N–H and O–H groups in total. The van der Waals surface area contributed by atoms with Crippen molar-refractivity contribution in [1.82, 2.24) is 0 Å². The predicted molar refractivity (Wildman–Crippen MR) is 68.3 cm³/mol. The van der Waals surface area contributed by atoms with Gasteiger partial charge in [-0.2, -0.15) is 0 Å². The lowest BCUT2D eigenvalue weighted by Gasteiger charge is -2.22. The molecular formula is C14H20O4. The molecule has 4 nitrogen and oxygen atoms in total. The van der Waals surface area contributed by atoms with Gasteiger partial charge in [-0.1, -0.05) is 12.1 Å². The summed E-state index contributed by atoms with van der Waals surface area (Å²) in [6, 6.07) is 7.63. The van der Waals surface area contributed by atoms with Crippen molar-refractivity contribution in [2.45, 2.75) is 18.9 Å². The molecule has 1 aromatic carbocycles. The molecule has 0 aliphatic carbocycles. The first-order valence-corrected chi connectivity index (χ1v) is 6.35. The summed E-state index contributed by atoms with van der Waals surface area (Å²) in [5, 5.41) is 0. The molecule has 2 rings (SSSR count). The summed E-state index contributed by atoms with van der Waals surface area (Å²) in [7, 11) is 1.64. The van der Waals surface area contributed by atoms with Gasteiger partial charge in [0.05, 0.1) is 19.8 Å². The molecule has 0 aromatic heterocycles. The zero-order valence-corrected chi connectivity index (χ0v) is 10.8. The highest BCUT2D eigenvalue weighted by Gasteiger charge is 2.13. The lowest BCUT2D eigenvalue weighted by Crippen LogP contribution is -2.25. The fourth-order valence-electron chi connectivity index (χ4n) is 1.95. The van der Waals surface area contributed by atoms with Gasteiger partial charge in [-0.3, -0.25) is 0 Å². The van der Waals surface area contributed by atoms with Crippen molar-refractivity contribution in [2.75, 3.05) is 33.5 Å². The molecule has 1 fully saturated rings. The van der Waals surface area contributed by atoms with E-state index in [-0.39, 0.29) is 0 Å². The predicted octanol–water partition coefficient (Wildman–Crippen LogP) is 2.27. The normalized spacial score (nSPS) is 16.5. The highest BCUT2D eigenvalue weighted by molar-refractivity contribution is 5.39. The van der Waals surface area contributed by atoms with Gasteiger partial charge in [-0.25, -0.2) is 0 Å². The topological polar surface area (TPSA) is 36.9 Å². The summed E-state index contributed by atoms with van der Waals surface area (Å²) >= 11 is 0. The van der Waals surface area contributed by atoms with Crippen molar-refractivity contribution in [3.8, 4) is 11.5 Å². The van der Waals surface area contributed by atoms with Gasteiger partial charge >= 0.3 is 0 Å². The first-order chi connectivity index (χ1) is 8.90. The maximum atomic E-state index is 5.73. The lowest BCUT2D eigenvalue weighted by atomic mass is 10.2. The summed E-state index contributed by atoms with van der Waals surface area (Å²) in [6.07, 6.45) is 2.28. The molecule has 1 aromatic rings. The zero-order chi connectivity index (χ0) is 12.6. The Bertz CT molecular complexity index is 347. The van der Waals surface area contributed by atoms with Crippen LogP contribution in [-0.4, -0.2) is 39.6 Å². The Morgan fingerprint density at radius 3 is 2.56 bits per heavy atom. The van der Waals surface area contributed by atoms with Crippen LogP contribution >= 0.6 is 0 Å². The van der Waals surface area contributed by atoms with E-state index in [1.807, 2.05) is 24.3 Å². The number of hydrogen-bond donors (Lipinski definition) is 0. The van der Waals surface area contributed by atoms with E-state index in [1.54, 1.807) is 7.11 Å². The van der Waals surface area contributed by atoms with Crippen molar-refractivity contribution in [1.29, 1.82) is 0 Å². The van der Waals surface area contributed by atoms with Gasteiger partial charge in [0, 0.05) is 13.2 Å². The maximum absolute atomic E-state index is 5.73. The van der Waals surface area contributed by atoms with E-state index in [9.17, 15) is 0 Å². The Labute approximate surface area is 108 Å². The molecule has 1 aliphatic rings. The smallest absolute Gasteiger partial charge is 0.161 e. The second-order valence-corrected chi connectivity index (χ2v) is 4.18. The summed E-state index contributed by atoms with van der Waals surface area (Å²) in [5.74, 6) is 1.51. The van der Waals surface area contributed by atoms with Crippen LogP contribution in [0.3, 0.4) is 0 Å². The average molecular weight is 252 g/mol. The Morgan fingerprint density at radius 1 is 1.11 bits per heavy atom. The van der Waals surface area contributed by atoms with Crippen LogP contribution in [-0.2, 0) is 9.47 Å². The monoisotopic (exact) mass is 252 g/mol. The number of hydrogen-bond acceptors (Lipinski definition) is 4. The van der Waals surface area contributed by atoms with Gasteiger partial charge in [0.25, 0.3) is 0 Å². The van der Waals surface area contributed by atoms with Crippen LogP contribution in [0.1, 0.15) is 12.8 Å². The third-order valence-electron chi connectivity index (χ3n) is 2.93. The molecule has 0 bridgehead atoms. The van der Waals surface area contributed by atoms with E-state index < -0.39 is 0 Å². The largest absolute Gasteiger partial charge is 0.493 e. The van der Waals surface area contributed by atoms with Crippen LogP contribution in [0.4, 0.5) is 0 Å². The van der Waals surface area contributed by atoms with Crippen molar-refractivity contribution < 1.29 is 18.9 Å². The van der Waals surface area contributed by atoms with Crippen LogP contribution in [0.2, 0.25) is 0 Å². The minimum absolute atomic E-state index is 0.319. The average Bonchev–Trinajstić information content (AvgIpc) is 2.45. The Kier molecular flexibility index (Phi) is 5.30. The van der Waals surface area contributed by atoms with Crippen molar-refractivity contribution in [3.05, 3.63) is 24.3 Å². The van der Waals surface area contributed by atoms with Gasteiger partial charge in [-0.15, -0.1) is 0 Å². The Hall–Kier alpha value is -1.26. The number of rotatable bonds is 6. The third-order valence-corrected chi connectivity index (χ3v) is 2.93. The molecule has 0 radical (unpaired) electrons. The highest BCUT2D eigenvalue weighted by atomic mass is 16.5. The number of ether oxygens (including phenoxy) is 4. The molecule has 100 valence electrons. The number of benzene rings is 1. The number of para-hydroxylation sites is 2. The summed E-state index contributed by atoms with van der Waals surface area (Å²) in [6.45, 7) is 2.75. The second-order valence-electron chi connectivity index (χ2n) is 4.18. The van der Waals surface area contributed by atoms with E-state index in [4.69, 9.17) is 18.9 Å². The summed E-state index contributed by atoms with van der Waals surface area (Å²) in [5.41, 5.74) is 0. The highest BCUT2D eigenvalue weighted by Crippen LogP contribution is 2.25. The Morgan fingerprint density at radius 2 is 1.83 bits per heavy atom. The van der Waals surface area contributed by atoms with Crippen molar-refractivity contribution >= 4 is 0 Å². The van der Waals surface area contributed by atoms with E-state index >= 15 is 0 Å². The first-order valence-electron chi connectivity index (χ1n) is 6.35. The van der Waals surface area contributed by atoms with Gasteiger partial charge in [0.1, 0.15) is 6.61 Å². The van der Waals surface area contributed by atoms with Crippen LogP contribution in [0, 0.1) is 0 Å². The van der Waals surface area contributed by atoms with Crippen LogP contribution in [0.25, 0.3) is 0 Å². The van der Waals surface area contributed by atoms with E-state index in [0.29, 0.717) is 19.3 Å². The van der Waals surface area contributed by atoms with Crippen LogP contribution in [0.5, 0.6) is 11.5 Å². The maximum Gasteiger partial charge on any atom is 0.161 e. The molecule has 0 saturated carbocycles. The molecule has 1 heterocycles. The zero-order valence-electron chi connectivity index (χ0n) is 10.8. The van der Waals surface area contributed by atoms with Gasteiger partial charge in [0.2, 0.25) is 0 Å². The quantitative estimate of drug-likeness (QED) is 0.728. The Balaban J connectivity index is 1.68. The lowest BCUT2D eigenvalue weighted by molar-refractivity contribution is -0.0389. The fourth-order valence-corrected chi connectivity index (χ4v) is 1.95.